The van der Waals surface area contributed by atoms with Crippen LogP contribution >= 0.6 is 0 Å². The molecule has 0 aromatic rings. The first kappa shape index (κ1) is 8.14. The van der Waals surface area contributed by atoms with Gasteiger partial charge in [-0.1, -0.05) is 19.1 Å². The minimum Gasteiger partial charge on any atom is -0.385 e. The average molecular weight is 153 g/mol. The topological polar surface area (TPSA) is 49.7 Å². The Morgan fingerprint density at radius 2 is 2.36 bits per heavy atom. The van der Waals surface area contributed by atoms with Crippen LogP contribution in [0.1, 0.15) is 13.8 Å². The van der Waals surface area contributed by atoms with Gasteiger partial charge in [0, 0.05) is 5.92 Å². The predicted molar refractivity (Wildman–Crippen MR) is 42.8 cm³/mol. The Hall–Kier alpha value is -0.960. The van der Waals surface area contributed by atoms with Gasteiger partial charge in [0.25, 0.3) is 0 Å². The second-order valence-corrected chi connectivity index (χ2v) is 2.99. The Balaban J connectivity index is 2.94. The minimum absolute atomic E-state index is 0.218. The third kappa shape index (κ3) is 1.38. The Labute approximate surface area is 65.4 Å². The van der Waals surface area contributed by atoms with Gasteiger partial charge in [-0.15, -0.1) is 4.91 Å². The second kappa shape index (κ2) is 2.58. The molecule has 1 aliphatic carbocycles. The molecular weight excluding hydrogens is 142 g/mol. The molecule has 0 bridgehead atoms. The van der Waals surface area contributed by atoms with Crippen molar-refractivity contribution < 1.29 is 5.11 Å². The molecule has 0 fully saturated rings. The van der Waals surface area contributed by atoms with Crippen LogP contribution in [0.4, 0.5) is 0 Å². The normalized spacial score (nSPS) is 36.6. The van der Waals surface area contributed by atoms with E-state index < -0.39 is 5.60 Å². The number of hydrogen-bond acceptors (Lipinski definition) is 3. The molecule has 2 atom stereocenters. The molecule has 0 saturated heterocycles. The van der Waals surface area contributed by atoms with Crippen molar-refractivity contribution in [3.05, 3.63) is 28.8 Å². The van der Waals surface area contributed by atoms with Crippen LogP contribution in [0.3, 0.4) is 0 Å². The summed E-state index contributed by atoms with van der Waals surface area (Å²) in [6.45, 7) is 3.43. The molecule has 1 aliphatic rings. The van der Waals surface area contributed by atoms with E-state index in [1.165, 1.54) is 0 Å². The molecule has 3 nitrogen and oxygen atoms in total. The highest BCUT2D eigenvalue weighted by Gasteiger charge is 2.30. The molecule has 1 rings (SSSR count). The maximum Gasteiger partial charge on any atom is 0.0908 e. The summed E-state index contributed by atoms with van der Waals surface area (Å²) in [4.78, 5) is 10.2. The highest BCUT2D eigenvalue weighted by Crippen LogP contribution is 2.29. The Morgan fingerprint density at radius 1 is 1.73 bits per heavy atom. The summed E-state index contributed by atoms with van der Waals surface area (Å²) in [6.07, 6.45) is 4.93. The molecule has 3 heteroatoms. The van der Waals surface area contributed by atoms with Crippen LogP contribution in [-0.2, 0) is 0 Å². The molecule has 0 saturated carbocycles. The van der Waals surface area contributed by atoms with Gasteiger partial charge >= 0.3 is 0 Å². The lowest BCUT2D eigenvalue weighted by Gasteiger charge is -2.28. The quantitative estimate of drug-likeness (QED) is 0.581. The fourth-order valence-electron chi connectivity index (χ4n) is 1.04. The van der Waals surface area contributed by atoms with Gasteiger partial charge in [0.05, 0.1) is 11.3 Å². The van der Waals surface area contributed by atoms with Gasteiger partial charge in [-0.2, -0.15) is 0 Å². The first-order chi connectivity index (χ1) is 5.08. The molecule has 60 valence electrons. The lowest BCUT2D eigenvalue weighted by atomic mass is 9.85. The third-order valence-corrected chi connectivity index (χ3v) is 2.13. The summed E-state index contributed by atoms with van der Waals surface area (Å²) in [5.41, 5.74) is -0.532. The summed E-state index contributed by atoms with van der Waals surface area (Å²) in [6, 6.07) is 0. The van der Waals surface area contributed by atoms with Gasteiger partial charge in [-0.25, -0.2) is 0 Å². The van der Waals surface area contributed by atoms with Crippen LogP contribution in [0.25, 0.3) is 0 Å². The van der Waals surface area contributed by atoms with Gasteiger partial charge in [-0.05, 0) is 18.2 Å². The van der Waals surface area contributed by atoms with Crippen molar-refractivity contribution in [2.75, 3.05) is 0 Å². The summed E-state index contributed by atoms with van der Waals surface area (Å²) in [5, 5.41) is 12.4. The standard InChI is InChI=1S/C8H11NO2/c1-6-7(9-11)4-3-5-8(6,2)10/h3-6,10H,1-2H3. The van der Waals surface area contributed by atoms with Gasteiger partial charge in [0.15, 0.2) is 0 Å². The monoisotopic (exact) mass is 153 g/mol. The van der Waals surface area contributed by atoms with E-state index in [4.69, 9.17) is 0 Å². The van der Waals surface area contributed by atoms with E-state index >= 15 is 0 Å². The lowest BCUT2D eigenvalue weighted by Crippen LogP contribution is -2.32. The lowest BCUT2D eigenvalue weighted by molar-refractivity contribution is 0.0675. The molecule has 1 N–H and O–H groups in total. The number of rotatable bonds is 1. The first-order valence-corrected chi connectivity index (χ1v) is 3.53. The zero-order valence-corrected chi connectivity index (χ0v) is 6.61. The predicted octanol–water partition coefficient (Wildman–Crippen LogP) is 1.59. The number of allylic oxidation sites excluding steroid dienone is 2. The largest absolute Gasteiger partial charge is 0.385 e. The maximum atomic E-state index is 10.2. The van der Waals surface area contributed by atoms with E-state index in [1.807, 2.05) is 0 Å². The van der Waals surface area contributed by atoms with Crippen LogP contribution in [0, 0.1) is 10.8 Å². The minimum atomic E-state index is -0.933. The molecular formula is C8H11NO2. The van der Waals surface area contributed by atoms with Crippen molar-refractivity contribution in [3.8, 4) is 0 Å². The molecule has 2 unspecified atom stereocenters. The fraction of sp³-hybridized carbons (Fsp3) is 0.500. The van der Waals surface area contributed by atoms with Crippen LogP contribution in [0.2, 0.25) is 0 Å². The van der Waals surface area contributed by atoms with Crippen molar-refractivity contribution in [2.24, 2.45) is 11.1 Å². The van der Waals surface area contributed by atoms with E-state index in [-0.39, 0.29) is 5.92 Å². The van der Waals surface area contributed by atoms with Crippen LogP contribution in [-0.4, -0.2) is 10.7 Å². The van der Waals surface area contributed by atoms with Gasteiger partial charge in [-0.3, -0.25) is 0 Å². The summed E-state index contributed by atoms with van der Waals surface area (Å²) in [5.74, 6) is -0.218. The van der Waals surface area contributed by atoms with Crippen LogP contribution in [0.5, 0.6) is 0 Å². The van der Waals surface area contributed by atoms with Gasteiger partial charge in [0.2, 0.25) is 0 Å². The first-order valence-electron chi connectivity index (χ1n) is 3.53. The molecule has 0 amide bonds. The molecule has 0 spiro atoms. The van der Waals surface area contributed by atoms with Gasteiger partial charge in [0.1, 0.15) is 0 Å². The van der Waals surface area contributed by atoms with Crippen molar-refractivity contribution in [2.45, 2.75) is 19.4 Å². The number of nitrogens with zero attached hydrogens (tertiary/aromatic N) is 1. The summed E-state index contributed by atoms with van der Waals surface area (Å²) in [7, 11) is 0. The smallest absolute Gasteiger partial charge is 0.0908 e. The van der Waals surface area contributed by atoms with Crippen LogP contribution < -0.4 is 0 Å². The van der Waals surface area contributed by atoms with E-state index in [0.29, 0.717) is 5.70 Å². The Bertz CT molecular complexity index is 228. The third-order valence-electron chi connectivity index (χ3n) is 2.13. The Kier molecular flexibility index (Phi) is 1.91. The van der Waals surface area contributed by atoms with E-state index in [9.17, 15) is 10.0 Å². The van der Waals surface area contributed by atoms with Crippen molar-refractivity contribution in [1.29, 1.82) is 0 Å². The van der Waals surface area contributed by atoms with Crippen LogP contribution in [0.15, 0.2) is 29.1 Å². The second-order valence-electron chi connectivity index (χ2n) is 2.99. The van der Waals surface area contributed by atoms with E-state index in [1.54, 1.807) is 32.1 Å². The number of aliphatic hydroxyl groups is 1. The van der Waals surface area contributed by atoms with Crippen molar-refractivity contribution in [3.63, 3.8) is 0 Å². The van der Waals surface area contributed by atoms with E-state index in [2.05, 4.69) is 5.18 Å². The average Bonchev–Trinajstić information content (AvgIpc) is 1.95. The highest BCUT2D eigenvalue weighted by molar-refractivity contribution is 5.26. The zero-order valence-electron chi connectivity index (χ0n) is 6.61. The van der Waals surface area contributed by atoms with Crippen molar-refractivity contribution >= 4 is 0 Å². The van der Waals surface area contributed by atoms with Crippen molar-refractivity contribution in [1.82, 2.24) is 0 Å². The van der Waals surface area contributed by atoms with Gasteiger partial charge < -0.3 is 5.11 Å². The molecule has 0 radical (unpaired) electrons. The molecule has 0 aromatic carbocycles. The highest BCUT2D eigenvalue weighted by atomic mass is 16.3. The van der Waals surface area contributed by atoms with E-state index in [0.717, 1.165) is 0 Å². The molecule has 0 heterocycles. The molecule has 0 aliphatic heterocycles. The summed E-state index contributed by atoms with van der Waals surface area (Å²) >= 11 is 0. The summed E-state index contributed by atoms with van der Waals surface area (Å²) < 4.78 is 0. The zero-order chi connectivity index (χ0) is 8.48. The molecule has 0 aromatic heterocycles. The fourth-order valence-corrected chi connectivity index (χ4v) is 1.04. The number of nitroso groups, excluding NO2 is 1. The SMILES string of the molecule is CC1C(N=O)=CC=CC1(C)O. The Morgan fingerprint density at radius 3 is 2.82 bits per heavy atom. The number of hydrogen-bond donors (Lipinski definition) is 1. The molecule has 11 heavy (non-hydrogen) atoms. The maximum absolute atomic E-state index is 10.2.